The Morgan fingerprint density at radius 3 is 2.24 bits per heavy atom. The van der Waals surface area contributed by atoms with Crippen LogP contribution in [0.15, 0.2) is 60.7 Å². The van der Waals surface area contributed by atoms with Crippen molar-refractivity contribution in [2.45, 2.75) is 19.3 Å². The minimum absolute atomic E-state index is 0.0614. The summed E-state index contributed by atoms with van der Waals surface area (Å²) in [6, 6.07) is 19.4. The quantitative estimate of drug-likeness (QED) is 0.651. The van der Waals surface area contributed by atoms with E-state index in [4.69, 9.17) is 0 Å². The molecule has 2 N–H and O–H groups in total. The molecule has 1 unspecified atom stereocenters. The summed E-state index contributed by atoms with van der Waals surface area (Å²) in [5.41, 5.74) is 3.54. The predicted molar refractivity (Wildman–Crippen MR) is 97.1 cm³/mol. The van der Waals surface area contributed by atoms with Crippen LogP contribution >= 0.6 is 0 Å². The van der Waals surface area contributed by atoms with E-state index in [9.17, 15) is 14.7 Å². The van der Waals surface area contributed by atoms with Crippen LogP contribution in [0.2, 0.25) is 0 Å². The average Bonchev–Trinajstić information content (AvgIpc) is 3.03. The Kier molecular flexibility index (Phi) is 4.80. The first-order valence-electron chi connectivity index (χ1n) is 8.15. The van der Waals surface area contributed by atoms with Crippen LogP contribution in [-0.2, 0) is 6.42 Å². The fraction of sp³-hybridized carbons (Fsp3) is 0.143. The molecule has 126 valence electrons. The highest BCUT2D eigenvalue weighted by Gasteiger charge is 2.27. The summed E-state index contributed by atoms with van der Waals surface area (Å²) < 4.78 is 0. The third-order valence-electron chi connectivity index (χ3n) is 4.34. The van der Waals surface area contributed by atoms with E-state index < -0.39 is 5.97 Å². The van der Waals surface area contributed by atoms with Gasteiger partial charge in [-0.1, -0.05) is 67.6 Å². The summed E-state index contributed by atoms with van der Waals surface area (Å²) in [6.45, 7) is 1.99. The van der Waals surface area contributed by atoms with Crippen LogP contribution in [0, 0.1) is 0 Å². The van der Waals surface area contributed by atoms with Crippen molar-refractivity contribution >= 4 is 12.3 Å². The number of carbonyl (C=O) groups is 2. The van der Waals surface area contributed by atoms with Gasteiger partial charge in [-0.15, -0.1) is 0 Å². The van der Waals surface area contributed by atoms with Gasteiger partial charge >= 0.3 is 5.97 Å². The van der Waals surface area contributed by atoms with Gasteiger partial charge in [-0.2, -0.15) is 0 Å². The second-order valence-corrected chi connectivity index (χ2v) is 6.08. The molecule has 0 saturated heterocycles. The predicted octanol–water partition coefficient (Wildman–Crippen LogP) is 4.54. The molecule has 0 aliphatic heterocycles. The molecule has 0 aliphatic rings. The zero-order valence-corrected chi connectivity index (χ0v) is 13.9. The summed E-state index contributed by atoms with van der Waals surface area (Å²) in [4.78, 5) is 26.3. The van der Waals surface area contributed by atoms with Gasteiger partial charge in [0.05, 0.1) is 17.0 Å². The lowest BCUT2D eigenvalue weighted by Gasteiger charge is -2.15. The Labute approximate surface area is 146 Å². The summed E-state index contributed by atoms with van der Waals surface area (Å²) in [6.07, 6.45) is 1.27. The minimum Gasteiger partial charge on any atom is -0.478 e. The highest BCUT2D eigenvalue weighted by atomic mass is 16.4. The SMILES string of the molecule is CC(Cc1ccccc1)c1c(-c2ccccc2)[nH]c(C=O)c1C(=O)O. The Hall–Kier alpha value is -3.14. The van der Waals surface area contributed by atoms with Crippen molar-refractivity contribution in [1.29, 1.82) is 0 Å². The highest BCUT2D eigenvalue weighted by Crippen LogP contribution is 2.35. The van der Waals surface area contributed by atoms with Gasteiger partial charge in [0.2, 0.25) is 0 Å². The first-order chi connectivity index (χ1) is 12.1. The molecule has 1 atom stereocenters. The molecule has 1 aromatic heterocycles. The molecule has 25 heavy (non-hydrogen) atoms. The third-order valence-corrected chi connectivity index (χ3v) is 4.34. The topological polar surface area (TPSA) is 70.2 Å². The zero-order valence-electron chi connectivity index (χ0n) is 13.9. The normalized spacial score (nSPS) is 11.9. The summed E-state index contributed by atoms with van der Waals surface area (Å²) in [7, 11) is 0. The van der Waals surface area contributed by atoms with E-state index in [0.717, 1.165) is 11.1 Å². The van der Waals surface area contributed by atoms with Gasteiger partial charge in [0, 0.05) is 0 Å². The first kappa shape index (κ1) is 16.7. The van der Waals surface area contributed by atoms with Gasteiger partial charge in [-0.3, -0.25) is 4.79 Å². The minimum atomic E-state index is -1.09. The maximum Gasteiger partial charge on any atom is 0.338 e. The van der Waals surface area contributed by atoms with Crippen LogP contribution in [0.25, 0.3) is 11.3 Å². The number of hydrogen-bond acceptors (Lipinski definition) is 2. The number of carboxylic acid groups (broad SMARTS) is 1. The average molecular weight is 333 g/mol. The largest absolute Gasteiger partial charge is 0.478 e. The third kappa shape index (κ3) is 3.38. The molecule has 4 nitrogen and oxygen atoms in total. The molecule has 0 radical (unpaired) electrons. The number of H-pyrrole nitrogens is 1. The molecule has 0 fully saturated rings. The van der Waals surface area contributed by atoms with E-state index in [-0.39, 0.29) is 17.2 Å². The second kappa shape index (κ2) is 7.18. The number of carbonyl (C=O) groups excluding carboxylic acids is 1. The lowest BCUT2D eigenvalue weighted by atomic mass is 9.88. The van der Waals surface area contributed by atoms with Gasteiger partial charge in [0.15, 0.2) is 6.29 Å². The molecular formula is C21H19NO3. The van der Waals surface area contributed by atoms with E-state index in [0.29, 0.717) is 24.0 Å². The standard InChI is InChI=1S/C21H19NO3/c1-14(12-15-8-4-2-5-9-15)18-19(21(24)25)17(13-23)22-20(18)16-10-6-3-7-11-16/h2-11,13-14,22H,12H2,1H3,(H,24,25). The monoisotopic (exact) mass is 333 g/mol. The molecule has 0 saturated carbocycles. The van der Waals surface area contributed by atoms with E-state index in [1.54, 1.807) is 0 Å². The fourth-order valence-electron chi connectivity index (χ4n) is 3.25. The number of aromatic nitrogens is 1. The maximum absolute atomic E-state index is 11.8. The summed E-state index contributed by atoms with van der Waals surface area (Å²) in [5, 5.41) is 9.67. The van der Waals surface area contributed by atoms with E-state index in [1.165, 1.54) is 0 Å². The lowest BCUT2D eigenvalue weighted by Crippen LogP contribution is -2.08. The number of rotatable bonds is 6. The summed E-state index contributed by atoms with van der Waals surface area (Å²) in [5.74, 6) is -1.15. The van der Waals surface area contributed by atoms with Gasteiger partial charge in [-0.05, 0) is 29.0 Å². The van der Waals surface area contributed by atoms with Crippen molar-refractivity contribution in [3.63, 3.8) is 0 Å². The molecule has 3 aromatic rings. The van der Waals surface area contributed by atoms with Crippen LogP contribution in [0.4, 0.5) is 0 Å². The van der Waals surface area contributed by atoms with Crippen molar-refractivity contribution in [3.8, 4) is 11.3 Å². The summed E-state index contributed by atoms with van der Waals surface area (Å²) >= 11 is 0. The Bertz CT molecular complexity index is 882. The van der Waals surface area contributed by atoms with E-state index in [2.05, 4.69) is 4.98 Å². The zero-order chi connectivity index (χ0) is 17.8. The number of aldehydes is 1. The van der Waals surface area contributed by atoms with Crippen molar-refractivity contribution < 1.29 is 14.7 Å². The van der Waals surface area contributed by atoms with Crippen molar-refractivity contribution in [2.75, 3.05) is 0 Å². The first-order valence-corrected chi connectivity index (χ1v) is 8.15. The number of aromatic amines is 1. The molecule has 0 amide bonds. The Balaban J connectivity index is 2.13. The molecule has 4 heteroatoms. The maximum atomic E-state index is 11.8. The van der Waals surface area contributed by atoms with Gasteiger partial charge in [0.1, 0.15) is 0 Å². The Morgan fingerprint density at radius 2 is 1.68 bits per heavy atom. The second-order valence-electron chi connectivity index (χ2n) is 6.08. The molecule has 3 rings (SSSR count). The number of hydrogen-bond donors (Lipinski definition) is 2. The van der Waals surface area contributed by atoms with E-state index in [1.807, 2.05) is 67.6 Å². The molecule has 2 aromatic carbocycles. The molecule has 0 spiro atoms. The lowest BCUT2D eigenvalue weighted by molar-refractivity contribution is 0.0692. The van der Waals surface area contributed by atoms with Crippen LogP contribution in [-0.4, -0.2) is 22.3 Å². The molecule has 0 bridgehead atoms. The number of aromatic carboxylic acids is 1. The molecule has 0 aliphatic carbocycles. The van der Waals surface area contributed by atoms with Gasteiger partial charge in [0.25, 0.3) is 0 Å². The van der Waals surface area contributed by atoms with Crippen molar-refractivity contribution in [1.82, 2.24) is 4.98 Å². The van der Waals surface area contributed by atoms with Crippen molar-refractivity contribution in [2.24, 2.45) is 0 Å². The van der Waals surface area contributed by atoms with E-state index >= 15 is 0 Å². The van der Waals surface area contributed by atoms with Crippen LogP contribution in [0.5, 0.6) is 0 Å². The number of carboxylic acids is 1. The molecular weight excluding hydrogens is 314 g/mol. The van der Waals surface area contributed by atoms with Gasteiger partial charge < -0.3 is 10.1 Å². The van der Waals surface area contributed by atoms with Crippen LogP contribution in [0.3, 0.4) is 0 Å². The highest BCUT2D eigenvalue weighted by molar-refractivity contribution is 6.00. The van der Waals surface area contributed by atoms with Gasteiger partial charge in [-0.25, -0.2) is 4.79 Å². The smallest absolute Gasteiger partial charge is 0.338 e. The van der Waals surface area contributed by atoms with Crippen LogP contribution < -0.4 is 0 Å². The molecule has 1 heterocycles. The number of benzene rings is 2. The van der Waals surface area contributed by atoms with Crippen LogP contribution in [0.1, 0.15) is 44.8 Å². The number of nitrogens with one attached hydrogen (secondary N) is 1. The fourth-order valence-corrected chi connectivity index (χ4v) is 3.25. The Morgan fingerprint density at radius 1 is 1.08 bits per heavy atom. The van der Waals surface area contributed by atoms with Crippen molar-refractivity contribution in [3.05, 3.63) is 83.0 Å².